The zero-order chi connectivity index (χ0) is 19.7. The summed E-state index contributed by atoms with van der Waals surface area (Å²) in [6.45, 7) is 4.90. The van der Waals surface area contributed by atoms with Crippen molar-refractivity contribution in [1.29, 1.82) is 0 Å². The molecule has 0 atom stereocenters. The van der Waals surface area contributed by atoms with Gasteiger partial charge in [0, 0.05) is 29.2 Å². The van der Waals surface area contributed by atoms with Crippen molar-refractivity contribution in [2.24, 2.45) is 4.99 Å². The minimum atomic E-state index is 0.269. The summed E-state index contributed by atoms with van der Waals surface area (Å²) in [5.41, 5.74) is 3.85. The molecule has 3 aromatic rings. The summed E-state index contributed by atoms with van der Waals surface area (Å²) < 4.78 is 2.03. The van der Waals surface area contributed by atoms with E-state index in [1.165, 1.54) is 0 Å². The maximum absolute atomic E-state index is 6.33. The summed E-state index contributed by atoms with van der Waals surface area (Å²) in [7, 11) is 1.91. The molecule has 1 aliphatic heterocycles. The van der Waals surface area contributed by atoms with Gasteiger partial charge in [-0.25, -0.2) is 0 Å². The van der Waals surface area contributed by atoms with E-state index in [-0.39, 0.29) is 6.04 Å². The Kier molecular flexibility index (Phi) is 5.26. The summed E-state index contributed by atoms with van der Waals surface area (Å²) in [6.07, 6.45) is 0. The monoisotopic (exact) mass is 395 g/mol. The molecule has 0 fully saturated rings. The lowest BCUT2D eigenvalue weighted by atomic mass is 10.0. The molecule has 7 heteroatoms. The van der Waals surface area contributed by atoms with Crippen molar-refractivity contribution in [2.75, 3.05) is 7.05 Å². The van der Waals surface area contributed by atoms with E-state index < -0.39 is 0 Å². The van der Waals surface area contributed by atoms with Gasteiger partial charge in [-0.1, -0.05) is 41.9 Å². The minimum absolute atomic E-state index is 0.269. The average Bonchev–Trinajstić information content (AvgIpc) is 3.02. The van der Waals surface area contributed by atoms with Gasteiger partial charge >= 0.3 is 0 Å². The van der Waals surface area contributed by atoms with E-state index in [0.29, 0.717) is 18.2 Å². The molecule has 1 aliphatic rings. The highest BCUT2D eigenvalue weighted by atomic mass is 35.5. The third-order valence-corrected chi connectivity index (χ3v) is 5.04. The molecule has 0 aliphatic carbocycles. The zero-order valence-corrected chi connectivity index (χ0v) is 16.9. The molecule has 28 heavy (non-hydrogen) atoms. The van der Waals surface area contributed by atoms with Crippen LogP contribution in [0.2, 0.25) is 5.02 Å². The van der Waals surface area contributed by atoms with Crippen molar-refractivity contribution in [3.63, 3.8) is 0 Å². The highest BCUT2D eigenvalue weighted by Gasteiger charge is 2.23. The van der Waals surface area contributed by atoms with Crippen LogP contribution in [-0.2, 0) is 18.0 Å². The van der Waals surface area contributed by atoms with Gasteiger partial charge in [0.25, 0.3) is 0 Å². The molecule has 0 unspecified atom stereocenters. The van der Waals surface area contributed by atoms with Crippen molar-refractivity contribution >= 4 is 17.3 Å². The van der Waals surface area contributed by atoms with E-state index in [1.54, 1.807) is 0 Å². The molecule has 1 aromatic heterocycles. The third kappa shape index (κ3) is 3.58. The predicted octanol–water partition coefficient (Wildman–Crippen LogP) is 4.04. The molecular weight excluding hydrogens is 374 g/mol. The molecule has 0 saturated carbocycles. The number of nitrogens with zero attached hydrogens (tertiary/aromatic N) is 5. The molecule has 0 N–H and O–H groups in total. The number of hydrogen-bond donors (Lipinski definition) is 0. The Morgan fingerprint density at radius 2 is 1.93 bits per heavy atom. The second kappa shape index (κ2) is 7.83. The largest absolute Gasteiger partial charge is 0.291 e. The van der Waals surface area contributed by atoms with E-state index in [9.17, 15) is 0 Å². The van der Waals surface area contributed by atoms with Gasteiger partial charge in [-0.2, -0.15) is 5.06 Å². The van der Waals surface area contributed by atoms with Gasteiger partial charge in [-0.15, -0.1) is 10.2 Å². The molecule has 4 rings (SSSR count). The maximum atomic E-state index is 6.33. The molecule has 0 radical (unpaired) electrons. The number of hydroxylamine groups is 2. The number of benzene rings is 2. The van der Waals surface area contributed by atoms with Gasteiger partial charge in [0.05, 0.1) is 11.4 Å². The summed E-state index contributed by atoms with van der Waals surface area (Å²) >= 11 is 6.33. The third-order valence-electron chi connectivity index (χ3n) is 4.80. The summed E-state index contributed by atoms with van der Waals surface area (Å²) in [5.74, 6) is 1.51. The normalized spacial score (nSPS) is 13.3. The van der Waals surface area contributed by atoms with E-state index in [0.717, 1.165) is 34.2 Å². The number of aromatic nitrogens is 3. The second-order valence-electron chi connectivity index (χ2n) is 6.97. The van der Waals surface area contributed by atoms with Gasteiger partial charge in [0.1, 0.15) is 13.2 Å². The molecule has 144 valence electrons. The van der Waals surface area contributed by atoms with Crippen LogP contribution in [0.5, 0.6) is 0 Å². The van der Waals surface area contributed by atoms with Gasteiger partial charge in [-0.05, 0) is 32.0 Å². The molecule has 0 saturated heterocycles. The van der Waals surface area contributed by atoms with Crippen LogP contribution >= 0.6 is 11.6 Å². The lowest BCUT2D eigenvalue weighted by Gasteiger charge is -2.20. The average molecular weight is 396 g/mol. The van der Waals surface area contributed by atoms with Gasteiger partial charge in [0.15, 0.2) is 11.6 Å². The van der Waals surface area contributed by atoms with E-state index >= 15 is 0 Å². The highest BCUT2D eigenvalue weighted by molar-refractivity contribution is 6.31. The Hall–Kier alpha value is -2.54. The highest BCUT2D eigenvalue weighted by Crippen LogP contribution is 2.28. The Balaban J connectivity index is 1.79. The molecule has 6 nitrogen and oxygen atoms in total. The SMILES string of the molecule is CC(C)N(C)OCc1nnc2n1-c1ccc(Cl)cc1C(c1ccccc1)=NC2. The second-order valence-corrected chi connectivity index (χ2v) is 7.41. The van der Waals surface area contributed by atoms with Crippen LogP contribution in [0.4, 0.5) is 0 Å². The minimum Gasteiger partial charge on any atom is -0.291 e. The lowest BCUT2D eigenvalue weighted by Crippen LogP contribution is -2.27. The van der Waals surface area contributed by atoms with E-state index in [1.807, 2.05) is 53.1 Å². The fraction of sp³-hybridized carbons (Fsp3) is 0.286. The number of aliphatic imine (C=N–C) groups is 1. The first-order chi connectivity index (χ1) is 13.5. The van der Waals surface area contributed by atoms with Crippen LogP contribution in [0.3, 0.4) is 0 Å². The standard InChI is InChI=1S/C21H22ClN5O/c1-14(2)26(3)28-13-20-25-24-19-12-23-21(15-7-5-4-6-8-15)17-11-16(22)9-10-18(17)27(19)20/h4-11,14H,12-13H2,1-3H3. The first kappa shape index (κ1) is 18.8. The smallest absolute Gasteiger partial charge is 0.165 e. The lowest BCUT2D eigenvalue weighted by molar-refractivity contribution is -0.172. The fourth-order valence-electron chi connectivity index (χ4n) is 3.11. The van der Waals surface area contributed by atoms with Crippen LogP contribution in [0, 0.1) is 0 Å². The van der Waals surface area contributed by atoms with Crippen LogP contribution in [0.1, 0.15) is 36.6 Å². The van der Waals surface area contributed by atoms with Crippen LogP contribution in [-0.4, -0.2) is 38.6 Å². The summed E-state index contributed by atoms with van der Waals surface area (Å²) in [6, 6.07) is 16.2. The van der Waals surface area contributed by atoms with E-state index in [4.69, 9.17) is 21.4 Å². The molecule has 2 aromatic carbocycles. The number of halogens is 1. The summed E-state index contributed by atoms with van der Waals surface area (Å²) in [4.78, 5) is 10.7. The van der Waals surface area contributed by atoms with E-state index in [2.05, 4.69) is 36.2 Å². The van der Waals surface area contributed by atoms with Crippen molar-refractivity contribution in [1.82, 2.24) is 19.8 Å². The number of hydrogen-bond acceptors (Lipinski definition) is 5. The van der Waals surface area contributed by atoms with Crippen molar-refractivity contribution in [3.05, 3.63) is 76.3 Å². The summed E-state index contributed by atoms with van der Waals surface area (Å²) in [5, 5.41) is 11.2. The Morgan fingerprint density at radius 3 is 2.68 bits per heavy atom. The fourth-order valence-corrected chi connectivity index (χ4v) is 3.28. The Bertz CT molecular complexity index is 1010. The maximum Gasteiger partial charge on any atom is 0.165 e. The molecule has 0 bridgehead atoms. The van der Waals surface area contributed by atoms with Gasteiger partial charge in [0.2, 0.25) is 0 Å². The number of rotatable bonds is 5. The van der Waals surface area contributed by atoms with Crippen molar-refractivity contribution in [2.45, 2.75) is 33.0 Å². The Morgan fingerprint density at radius 1 is 1.14 bits per heavy atom. The van der Waals surface area contributed by atoms with Gasteiger partial charge in [-0.3, -0.25) is 14.4 Å². The van der Waals surface area contributed by atoms with Crippen LogP contribution in [0.25, 0.3) is 5.69 Å². The molecule has 0 spiro atoms. The zero-order valence-electron chi connectivity index (χ0n) is 16.1. The van der Waals surface area contributed by atoms with Crippen molar-refractivity contribution in [3.8, 4) is 5.69 Å². The molecule has 0 amide bonds. The van der Waals surface area contributed by atoms with Crippen LogP contribution in [0.15, 0.2) is 53.5 Å². The first-order valence-electron chi connectivity index (χ1n) is 9.23. The van der Waals surface area contributed by atoms with Gasteiger partial charge < -0.3 is 0 Å². The topological polar surface area (TPSA) is 55.5 Å². The quantitative estimate of drug-likeness (QED) is 0.612. The molecule has 2 heterocycles. The first-order valence-corrected chi connectivity index (χ1v) is 9.61. The number of fused-ring (bicyclic) bond motifs is 3. The Labute approximate surface area is 169 Å². The van der Waals surface area contributed by atoms with Crippen LogP contribution < -0.4 is 0 Å². The molecular formula is C21H22ClN5O. The predicted molar refractivity (Wildman–Crippen MR) is 110 cm³/mol. The van der Waals surface area contributed by atoms with Crippen molar-refractivity contribution < 1.29 is 4.84 Å².